The first kappa shape index (κ1) is 19.0. The molecule has 8 nitrogen and oxygen atoms in total. The van der Waals surface area contributed by atoms with Gasteiger partial charge in [0.15, 0.2) is 17.5 Å². The summed E-state index contributed by atoms with van der Waals surface area (Å²) in [4.78, 5) is 16.1. The third-order valence-electron chi connectivity index (χ3n) is 3.88. The van der Waals surface area contributed by atoms with E-state index in [0.717, 1.165) is 12.8 Å². The predicted molar refractivity (Wildman–Crippen MR) is 93.2 cm³/mol. The molecule has 0 radical (unpaired) electrons. The van der Waals surface area contributed by atoms with Crippen molar-refractivity contribution < 1.29 is 27.8 Å². The van der Waals surface area contributed by atoms with Crippen LogP contribution >= 0.6 is 0 Å². The van der Waals surface area contributed by atoms with Crippen LogP contribution in [0.1, 0.15) is 25.3 Å². The van der Waals surface area contributed by atoms with E-state index in [9.17, 15) is 13.6 Å². The van der Waals surface area contributed by atoms with E-state index in [4.69, 9.17) is 9.47 Å². The van der Waals surface area contributed by atoms with Gasteiger partial charge in [0, 0.05) is 24.2 Å². The van der Waals surface area contributed by atoms with Crippen LogP contribution < -0.4 is 30.2 Å². The predicted octanol–water partition coefficient (Wildman–Crippen LogP) is 1.35. The molecule has 1 aliphatic heterocycles. The highest BCUT2D eigenvalue weighted by molar-refractivity contribution is 5.86. The van der Waals surface area contributed by atoms with Crippen molar-refractivity contribution in [3.8, 4) is 17.2 Å². The van der Waals surface area contributed by atoms with Crippen molar-refractivity contribution in [2.75, 3.05) is 19.9 Å². The lowest BCUT2D eigenvalue weighted by molar-refractivity contribution is -0.120. The number of rotatable bonds is 8. The number of alkyl halides is 2. The van der Waals surface area contributed by atoms with Gasteiger partial charge in [0.25, 0.3) is 0 Å². The van der Waals surface area contributed by atoms with E-state index in [1.54, 1.807) is 6.07 Å². The molecule has 3 rings (SSSR count). The zero-order valence-electron chi connectivity index (χ0n) is 14.9. The Morgan fingerprint density at radius 2 is 2.04 bits per heavy atom. The molecule has 1 aromatic rings. The van der Waals surface area contributed by atoms with Crippen LogP contribution in [0.15, 0.2) is 17.1 Å². The Labute approximate surface area is 155 Å². The SMILES string of the molecule is CCNC(=NCc1cc2c(cc1OC(F)F)OCO2)NCC(=O)NC1CC1. The number of carbonyl (C=O) groups is 1. The maximum Gasteiger partial charge on any atom is 0.387 e. The topological polar surface area (TPSA) is 93.2 Å². The second-order valence-electron chi connectivity index (χ2n) is 6.08. The fourth-order valence-corrected chi connectivity index (χ4v) is 2.47. The smallest absolute Gasteiger partial charge is 0.387 e. The number of carbonyl (C=O) groups excluding carboxylic acids is 1. The molecule has 0 unspecified atom stereocenters. The number of hydrogen-bond acceptors (Lipinski definition) is 5. The average Bonchev–Trinajstić information content (AvgIpc) is 3.31. The molecule has 148 valence electrons. The third-order valence-corrected chi connectivity index (χ3v) is 3.88. The van der Waals surface area contributed by atoms with Crippen LogP contribution in [0.3, 0.4) is 0 Å². The number of hydrogen-bond donors (Lipinski definition) is 3. The molecule has 2 aliphatic rings. The van der Waals surface area contributed by atoms with Gasteiger partial charge in [-0.05, 0) is 25.8 Å². The summed E-state index contributed by atoms with van der Waals surface area (Å²) in [5, 5.41) is 8.79. The molecule has 27 heavy (non-hydrogen) atoms. The van der Waals surface area contributed by atoms with Crippen LogP contribution in [0.2, 0.25) is 0 Å². The van der Waals surface area contributed by atoms with Gasteiger partial charge in [-0.25, -0.2) is 4.99 Å². The fraction of sp³-hybridized carbons (Fsp3) is 0.529. The van der Waals surface area contributed by atoms with Crippen molar-refractivity contribution in [1.82, 2.24) is 16.0 Å². The van der Waals surface area contributed by atoms with E-state index in [-0.39, 0.29) is 37.6 Å². The van der Waals surface area contributed by atoms with Gasteiger partial charge in [0.05, 0.1) is 13.1 Å². The maximum atomic E-state index is 12.7. The largest absolute Gasteiger partial charge is 0.454 e. The van der Waals surface area contributed by atoms with Crippen molar-refractivity contribution in [3.05, 3.63) is 17.7 Å². The number of nitrogens with zero attached hydrogens (tertiary/aromatic N) is 1. The Balaban J connectivity index is 1.67. The van der Waals surface area contributed by atoms with Crippen molar-refractivity contribution in [2.24, 2.45) is 4.99 Å². The van der Waals surface area contributed by atoms with Gasteiger partial charge in [-0.15, -0.1) is 0 Å². The fourth-order valence-electron chi connectivity index (χ4n) is 2.47. The normalized spacial score (nSPS) is 15.6. The second kappa shape index (κ2) is 8.74. The summed E-state index contributed by atoms with van der Waals surface area (Å²) >= 11 is 0. The van der Waals surface area contributed by atoms with E-state index < -0.39 is 6.61 Å². The minimum Gasteiger partial charge on any atom is -0.454 e. The number of halogens is 2. The summed E-state index contributed by atoms with van der Waals surface area (Å²) in [5.74, 6) is 1.04. The monoisotopic (exact) mass is 384 g/mol. The zero-order valence-corrected chi connectivity index (χ0v) is 14.9. The molecule has 0 bridgehead atoms. The number of fused-ring (bicyclic) bond motifs is 1. The zero-order chi connectivity index (χ0) is 19.2. The van der Waals surface area contributed by atoms with E-state index >= 15 is 0 Å². The van der Waals surface area contributed by atoms with Gasteiger partial charge in [0.1, 0.15) is 5.75 Å². The Kier molecular flexibility index (Phi) is 6.15. The van der Waals surface area contributed by atoms with Gasteiger partial charge in [-0.3, -0.25) is 4.79 Å². The van der Waals surface area contributed by atoms with Gasteiger partial charge in [0.2, 0.25) is 12.7 Å². The molecule has 1 fully saturated rings. The molecule has 10 heteroatoms. The molecule has 0 saturated heterocycles. The van der Waals surface area contributed by atoms with Gasteiger partial charge >= 0.3 is 6.61 Å². The van der Waals surface area contributed by atoms with Crippen LogP contribution in [0, 0.1) is 0 Å². The summed E-state index contributed by atoms with van der Waals surface area (Å²) in [7, 11) is 0. The molecule has 0 aromatic heterocycles. The number of benzene rings is 1. The molecule has 0 atom stereocenters. The van der Waals surface area contributed by atoms with Crippen molar-refractivity contribution in [1.29, 1.82) is 0 Å². The quantitative estimate of drug-likeness (QED) is 0.463. The molecule has 1 heterocycles. The average molecular weight is 384 g/mol. The molecule has 1 saturated carbocycles. The van der Waals surface area contributed by atoms with Crippen LogP contribution in [0.4, 0.5) is 8.78 Å². The van der Waals surface area contributed by atoms with Gasteiger partial charge in [-0.2, -0.15) is 8.78 Å². The highest BCUT2D eigenvalue weighted by Gasteiger charge is 2.23. The summed E-state index contributed by atoms with van der Waals surface area (Å²) < 4.78 is 40.4. The molecule has 0 spiro atoms. The lowest BCUT2D eigenvalue weighted by Gasteiger charge is -2.13. The van der Waals surface area contributed by atoms with Crippen LogP contribution in [0.25, 0.3) is 0 Å². The lowest BCUT2D eigenvalue weighted by atomic mass is 10.1. The summed E-state index contributed by atoms with van der Waals surface area (Å²) in [6, 6.07) is 3.21. The summed E-state index contributed by atoms with van der Waals surface area (Å²) in [5.41, 5.74) is 0.416. The second-order valence-corrected chi connectivity index (χ2v) is 6.08. The minimum absolute atomic E-state index is 0.0243. The number of amides is 1. The molecular formula is C17H22F2N4O4. The van der Waals surface area contributed by atoms with Crippen molar-refractivity contribution >= 4 is 11.9 Å². The van der Waals surface area contributed by atoms with Gasteiger partial charge in [-0.1, -0.05) is 0 Å². The number of guanidine groups is 1. The van der Waals surface area contributed by atoms with Gasteiger partial charge < -0.3 is 30.2 Å². The van der Waals surface area contributed by atoms with E-state index in [1.165, 1.54) is 6.07 Å². The first-order valence-electron chi connectivity index (χ1n) is 8.74. The Hall–Kier alpha value is -2.78. The molecular weight excluding hydrogens is 362 g/mol. The summed E-state index contributed by atoms with van der Waals surface area (Å²) in [6.45, 7) is -0.352. The first-order valence-corrected chi connectivity index (χ1v) is 8.74. The van der Waals surface area contributed by atoms with Crippen molar-refractivity contribution in [3.63, 3.8) is 0 Å². The number of aliphatic imine (C=N–C) groups is 1. The Morgan fingerprint density at radius 1 is 1.30 bits per heavy atom. The van der Waals surface area contributed by atoms with Crippen LogP contribution in [-0.4, -0.2) is 44.4 Å². The van der Waals surface area contributed by atoms with E-state index in [0.29, 0.717) is 29.6 Å². The molecule has 1 aromatic carbocycles. The highest BCUT2D eigenvalue weighted by atomic mass is 19.3. The highest BCUT2D eigenvalue weighted by Crippen LogP contribution is 2.39. The molecule has 1 amide bonds. The van der Waals surface area contributed by atoms with Crippen LogP contribution in [-0.2, 0) is 11.3 Å². The van der Waals surface area contributed by atoms with Crippen LogP contribution in [0.5, 0.6) is 17.2 Å². The molecule has 1 aliphatic carbocycles. The van der Waals surface area contributed by atoms with E-state index in [2.05, 4.69) is 25.7 Å². The first-order chi connectivity index (χ1) is 13.0. The Morgan fingerprint density at radius 3 is 2.70 bits per heavy atom. The molecule has 3 N–H and O–H groups in total. The number of ether oxygens (including phenoxy) is 3. The standard InChI is InChI=1S/C17H22F2N4O4/c1-2-20-17(22-8-15(24)23-11-3-4-11)21-7-10-5-13-14(26-9-25-13)6-12(10)27-16(18)19/h5-6,11,16H,2-4,7-9H2,1H3,(H,23,24)(H2,20,21,22). The Bertz CT molecular complexity index is 710. The van der Waals surface area contributed by atoms with Crippen molar-refractivity contribution in [2.45, 2.75) is 39.0 Å². The number of nitrogens with one attached hydrogen (secondary N) is 3. The minimum atomic E-state index is -2.97. The van der Waals surface area contributed by atoms with E-state index in [1.807, 2.05) is 6.92 Å². The summed E-state index contributed by atoms with van der Waals surface area (Å²) in [6.07, 6.45) is 2.02. The third kappa shape index (κ3) is 5.60. The maximum absolute atomic E-state index is 12.7. The lowest BCUT2D eigenvalue weighted by Crippen LogP contribution is -2.43.